The van der Waals surface area contributed by atoms with E-state index in [2.05, 4.69) is 48.7 Å². The molecule has 0 amide bonds. The molecule has 1 aromatic heterocycles. The molecular formula is C8H3BrI2N2O. The molecular weight excluding hydrogens is 474 g/mol. The van der Waals surface area contributed by atoms with Gasteiger partial charge in [-0.15, -0.1) is 0 Å². The van der Waals surface area contributed by atoms with Gasteiger partial charge < -0.3 is 4.52 Å². The first-order valence-corrected chi connectivity index (χ1v) is 6.56. The van der Waals surface area contributed by atoms with Crippen LogP contribution >= 0.6 is 61.1 Å². The molecule has 0 atom stereocenters. The van der Waals surface area contributed by atoms with Gasteiger partial charge in [0.1, 0.15) is 0 Å². The number of hydrogen-bond donors (Lipinski definition) is 0. The van der Waals surface area contributed by atoms with Crippen molar-refractivity contribution in [3.05, 3.63) is 30.1 Å². The summed E-state index contributed by atoms with van der Waals surface area (Å²) in [7, 11) is 0. The molecule has 1 aromatic carbocycles. The lowest BCUT2D eigenvalue weighted by atomic mass is 10.2. The molecule has 3 nitrogen and oxygen atoms in total. The lowest BCUT2D eigenvalue weighted by Crippen LogP contribution is -1.81. The van der Waals surface area contributed by atoms with E-state index in [-0.39, 0.29) is 0 Å². The summed E-state index contributed by atoms with van der Waals surface area (Å²) < 4.78 is 7.79. The van der Waals surface area contributed by atoms with Crippen LogP contribution in [0.3, 0.4) is 0 Å². The largest absolute Gasteiger partial charge is 0.333 e. The zero-order valence-corrected chi connectivity index (χ0v) is 12.6. The van der Waals surface area contributed by atoms with E-state index in [9.17, 15) is 0 Å². The minimum atomic E-state index is 0.541. The fourth-order valence-electron chi connectivity index (χ4n) is 0.976. The Hall–Kier alpha value is 0.300. The highest BCUT2D eigenvalue weighted by molar-refractivity contribution is 14.1. The summed E-state index contributed by atoms with van der Waals surface area (Å²) in [6, 6.07) is 5.97. The molecule has 72 valence electrons. The molecule has 0 spiro atoms. The summed E-state index contributed by atoms with van der Waals surface area (Å²) in [4.78, 5) is 4.16. The molecule has 0 unspecified atom stereocenters. The molecule has 0 aliphatic heterocycles. The van der Waals surface area contributed by atoms with Gasteiger partial charge in [-0.3, -0.25) is 0 Å². The Morgan fingerprint density at radius 1 is 1.29 bits per heavy atom. The summed E-state index contributed by atoms with van der Waals surface area (Å²) in [6.45, 7) is 0. The zero-order chi connectivity index (χ0) is 10.1. The molecule has 0 aliphatic carbocycles. The van der Waals surface area contributed by atoms with Crippen LogP contribution in [0.15, 0.2) is 27.2 Å². The van der Waals surface area contributed by atoms with Crippen molar-refractivity contribution < 1.29 is 4.52 Å². The third-order valence-corrected chi connectivity index (χ3v) is 3.36. The maximum atomic E-state index is 5.08. The summed E-state index contributed by atoms with van der Waals surface area (Å²) in [5.41, 5.74) is 0.923. The summed E-state index contributed by atoms with van der Waals surface area (Å²) in [6.07, 6.45) is 0. The second-order valence-electron chi connectivity index (χ2n) is 2.49. The van der Waals surface area contributed by atoms with E-state index < -0.39 is 0 Å². The number of hydrogen-bond acceptors (Lipinski definition) is 3. The van der Waals surface area contributed by atoms with Crippen molar-refractivity contribution in [3.63, 3.8) is 0 Å². The van der Waals surface area contributed by atoms with Crippen LogP contribution in [0, 0.1) is 7.40 Å². The molecule has 1 heterocycles. The second-order valence-corrected chi connectivity index (χ2v) is 5.56. The minimum Gasteiger partial charge on any atom is -0.333 e. The van der Waals surface area contributed by atoms with Gasteiger partial charge in [0.2, 0.25) is 3.83 Å². The number of nitrogens with zero attached hydrogens (tertiary/aromatic N) is 2. The molecule has 0 radical (unpaired) electrons. The Morgan fingerprint density at radius 3 is 2.71 bits per heavy atom. The summed E-state index contributed by atoms with van der Waals surface area (Å²) in [5, 5.41) is 3.74. The van der Waals surface area contributed by atoms with Gasteiger partial charge in [-0.25, -0.2) is 0 Å². The number of aromatic nitrogens is 2. The average molecular weight is 477 g/mol. The van der Waals surface area contributed by atoms with Crippen LogP contribution in [-0.2, 0) is 0 Å². The van der Waals surface area contributed by atoms with Crippen LogP contribution in [-0.4, -0.2) is 10.1 Å². The first kappa shape index (κ1) is 10.8. The standard InChI is InChI=1S/C8H3BrI2N2O/c9-6-2-1-4(10)3-5(6)7-12-8(11)13-14-7/h1-3H. The number of halogens is 3. The maximum absolute atomic E-state index is 5.08. The number of rotatable bonds is 1. The van der Waals surface area contributed by atoms with Crippen molar-refractivity contribution in [1.82, 2.24) is 10.1 Å². The molecule has 0 saturated heterocycles. The van der Waals surface area contributed by atoms with E-state index >= 15 is 0 Å². The highest BCUT2D eigenvalue weighted by Gasteiger charge is 2.10. The molecule has 0 fully saturated rings. The Labute approximate surface area is 116 Å². The van der Waals surface area contributed by atoms with Crippen molar-refractivity contribution in [2.24, 2.45) is 0 Å². The fraction of sp³-hybridized carbons (Fsp3) is 0. The monoisotopic (exact) mass is 476 g/mol. The second kappa shape index (κ2) is 4.44. The molecule has 2 aromatic rings. The summed E-state index contributed by atoms with van der Waals surface area (Å²) >= 11 is 7.70. The zero-order valence-electron chi connectivity index (χ0n) is 6.67. The van der Waals surface area contributed by atoms with Crippen LogP contribution in [0.2, 0.25) is 0 Å². The Bertz CT molecular complexity index is 472. The van der Waals surface area contributed by atoms with Crippen LogP contribution in [0.4, 0.5) is 0 Å². The maximum Gasteiger partial charge on any atom is 0.259 e. The average Bonchev–Trinajstić information content (AvgIpc) is 2.56. The first-order valence-electron chi connectivity index (χ1n) is 3.61. The Morgan fingerprint density at radius 2 is 2.07 bits per heavy atom. The lowest BCUT2D eigenvalue weighted by molar-refractivity contribution is 0.425. The topological polar surface area (TPSA) is 38.9 Å². The third-order valence-electron chi connectivity index (χ3n) is 1.56. The predicted molar refractivity (Wildman–Crippen MR) is 72.9 cm³/mol. The van der Waals surface area contributed by atoms with Crippen molar-refractivity contribution in [1.29, 1.82) is 0 Å². The van der Waals surface area contributed by atoms with Gasteiger partial charge in [0.25, 0.3) is 5.89 Å². The van der Waals surface area contributed by atoms with E-state index in [1.165, 1.54) is 0 Å². The predicted octanol–water partition coefficient (Wildman–Crippen LogP) is 3.71. The van der Waals surface area contributed by atoms with E-state index in [1.807, 2.05) is 40.8 Å². The van der Waals surface area contributed by atoms with Crippen molar-refractivity contribution in [2.75, 3.05) is 0 Å². The highest BCUT2D eigenvalue weighted by atomic mass is 127. The molecule has 14 heavy (non-hydrogen) atoms. The highest BCUT2D eigenvalue weighted by Crippen LogP contribution is 2.28. The first-order chi connectivity index (χ1) is 6.66. The Kier molecular flexibility index (Phi) is 3.42. The van der Waals surface area contributed by atoms with E-state index in [4.69, 9.17) is 4.52 Å². The van der Waals surface area contributed by atoms with Gasteiger partial charge >= 0.3 is 0 Å². The molecule has 0 bridgehead atoms. The van der Waals surface area contributed by atoms with Crippen LogP contribution in [0.1, 0.15) is 0 Å². The molecule has 0 saturated carbocycles. The van der Waals surface area contributed by atoms with Gasteiger partial charge in [-0.05, 0) is 56.7 Å². The minimum absolute atomic E-state index is 0.541. The molecule has 0 aliphatic rings. The van der Waals surface area contributed by atoms with Crippen LogP contribution in [0.25, 0.3) is 11.5 Å². The molecule has 2 rings (SSSR count). The SMILES string of the molecule is Brc1ccc(I)cc1-c1nc(I)no1. The van der Waals surface area contributed by atoms with Crippen molar-refractivity contribution in [2.45, 2.75) is 0 Å². The van der Waals surface area contributed by atoms with E-state index in [1.54, 1.807) is 0 Å². The molecule has 6 heteroatoms. The van der Waals surface area contributed by atoms with Gasteiger partial charge in [0, 0.05) is 30.6 Å². The van der Waals surface area contributed by atoms with Crippen LogP contribution < -0.4 is 0 Å². The van der Waals surface area contributed by atoms with E-state index in [0.717, 1.165) is 13.6 Å². The van der Waals surface area contributed by atoms with Gasteiger partial charge in [-0.2, -0.15) is 4.98 Å². The normalized spacial score (nSPS) is 10.5. The van der Waals surface area contributed by atoms with Crippen molar-refractivity contribution >= 4 is 61.1 Å². The van der Waals surface area contributed by atoms with E-state index in [0.29, 0.717) is 9.72 Å². The molecule has 0 N–H and O–H groups in total. The quantitative estimate of drug-likeness (QED) is 0.589. The fourth-order valence-corrected chi connectivity index (χ4v) is 2.20. The summed E-state index contributed by atoms with van der Waals surface area (Å²) in [5.74, 6) is 0.541. The third kappa shape index (κ3) is 2.27. The number of benzene rings is 1. The Balaban J connectivity index is 2.55. The van der Waals surface area contributed by atoms with Gasteiger partial charge in [0.05, 0.1) is 5.56 Å². The smallest absolute Gasteiger partial charge is 0.259 e. The lowest BCUT2D eigenvalue weighted by Gasteiger charge is -1.98. The van der Waals surface area contributed by atoms with Crippen LogP contribution in [0.5, 0.6) is 0 Å². The van der Waals surface area contributed by atoms with Gasteiger partial charge in [-0.1, -0.05) is 5.16 Å². The van der Waals surface area contributed by atoms with Gasteiger partial charge in [0.15, 0.2) is 0 Å². The van der Waals surface area contributed by atoms with Crippen molar-refractivity contribution in [3.8, 4) is 11.5 Å².